The molecule has 0 saturated carbocycles. The summed E-state index contributed by atoms with van der Waals surface area (Å²) in [4.78, 5) is 2.16. The maximum absolute atomic E-state index is 12.0. The Morgan fingerprint density at radius 1 is 1.17 bits per heavy atom. The lowest BCUT2D eigenvalue weighted by atomic mass is 10.2. The molecule has 2 heterocycles. The van der Waals surface area contributed by atoms with Crippen LogP contribution in [-0.4, -0.2) is 51.8 Å². The molecular formula is C22H26N4O2S2. The third kappa shape index (κ3) is 4.26. The Morgan fingerprint density at radius 3 is 2.57 bits per heavy atom. The minimum Gasteiger partial charge on any atom is -0.281 e. The van der Waals surface area contributed by atoms with Crippen molar-refractivity contribution in [3.63, 3.8) is 0 Å². The average molecular weight is 443 g/mol. The van der Waals surface area contributed by atoms with Gasteiger partial charge in [-0.05, 0) is 49.8 Å². The van der Waals surface area contributed by atoms with Crippen LogP contribution in [0.25, 0.3) is 17.1 Å². The van der Waals surface area contributed by atoms with E-state index in [1.807, 2.05) is 58.6 Å². The van der Waals surface area contributed by atoms with E-state index < -0.39 is 9.84 Å². The first kappa shape index (κ1) is 21.0. The van der Waals surface area contributed by atoms with Gasteiger partial charge in [0.2, 0.25) is 4.77 Å². The van der Waals surface area contributed by atoms with Gasteiger partial charge in [-0.25, -0.2) is 13.1 Å². The molecule has 30 heavy (non-hydrogen) atoms. The quantitative estimate of drug-likeness (QED) is 0.543. The molecular weight excluding hydrogens is 416 g/mol. The highest BCUT2D eigenvalue weighted by Gasteiger charge is 2.32. The molecule has 2 aromatic carbocycles. The molecule has 0 spiro atoms. The fraction of sp³-hybridized carbons (Fsp3) is 0.364. The average Bonchev–Trinajstić information content (AvgIpc) is 3.26. The van der Waals surface area contributed by atoms with Crippen molar-refractivity contribution in [1.29, 1.82) is 0 Å². The lowest BCUT2D eigenvalue weighted by Gasteiger charge is -2.26. The molecule has 0 N–H and O–H groups in total. The Labute approximate surface area is 182 Å². The van der Waals surface area contributed by atoms with E-state index in [0.29, 0.717) is 17.9 Å². The van der Waals surface area contributed by atoms with Gasteiger partial charge in [-0.2, -0.15) is 0 Å². The van der Waals surface area contributed by atoms with Crippen LogP contribution >= 0.6 is 12.2 Å². The van der Waals surface area contributed by atoms with Gasteiger partial charge in [0.25, 0.3) is 0 Å². The predicted molar refractivity (Wildman–Crippen MR) is 122 cm³/mol. The van der Waals surface area contributed by atoms with E-state index in [-0.39, 0.29) is 17.5 Å². The van der Waals surface area contributed by atoms with E-state index in [1.165, 1.54) is 0 Å². The summed E-state index contributed by atoms with van der Waals surface area (Å²) in [5.74, 6) is 1.24. The molecule has 1 aliphatic heterocycles. The first-order chi connectivity index (χ1) is 14.4. The van der Waals surface area contributed by atoms with Crippen molar-refractivity contribution in [2.75, 3.05) is 18.1 Å². The van der Waals surface area contributed by atoms with Crippen LogP contribution in [0.5, 0.6) is 0 Å². The fourth-order valence-corrected chi connectivity index (χ4v) is 6.03. The smallest absolute Gasteiger partial charge is 0.204 e. The zero-order valence-corrected chi connectivity index (χ0v) is 18.9. The van der Waals surface area contributed by atoms with Crippen molar-refractivity contribution >= 4 is 22.1 Å². The van der Waals surface area contributed by atoms with E-state index in [2.05, 4.69) is 24.0 Å². The largest absolute Gasteiger partial charge is 0.281 e. The molecule has 0 aliphatic carbocycles. The minimum atomic E-state index is -2.95. The minimum absolute atomic E-state index is 0.00574. The van der Waals surface area contributed by atoms with E-state index >= 15 is 0 Å². The summed E-state index contributed by atoms with van der Waals surface area (Å²) in [6, 6.07) is 18.2. The summed E-state index contributed by atoms with van der Waals surface area (Å²) < 4.78 is 28.3. The Hall–Kier alpha value is -2.29. The van der Waals surface area contributed by atoms with E-state index in [9.17, 15) is 8.42 Å². The summed E-state index contributed by atoms with van der Waals surface area (Å²) in [7, 11) is -2.95. The van der Waals surface area contributed by atoms with Crippen molar-refractivity contribution in [3.8, 4) is 17.1 Å². The van der Waals surface area contributed by atoms with Crippen LogP contribution in [0.4, 0.5) is 0 Å². The Bertz CT molecular complexity index is 1200. The molecule has 0 unspecified atom stereocenters. The highest BCUT2D eigenvalue weighted by Crippen LogP contribution is 2.24. The molecule has 1 aromatic heterocycles. The third-order valence-corrected chi connectivity index (χ3v) is 7.72. The van der Waals surface area contributed by atoms with Crippen LogP contribution in [-0.2, 0) is 16.5 Å². The fourth-order valence-electron chi connectivity index (χ4n) is 3.98. The molecule has 0 radical (unpaired) electrons. The lowest BCUT2D eigenvalue weighted by molar-refractivity contribution is 0.164. The Kier molecular flexibility index (Phi) is 5.90. The first-order valence-electron chi connectivity index (χ1n) is 10.1. The number of nitrogens with zero attached hydrogens (tertiary/aromatic N) is 4. The zero-order valence-electron chi connectivity index (χ0n) is 17.2. The second-order valence-corrected chi connectivity index (χ2v) is 10.3. The second kappa shape index (κ2) is 8.45. The van der Waals surface area contributed by atoms with Crippen molar-refractivity contribution in [3.05, 3.63) is 64.9 Å². The third-order valence-electron chi connectivity index (χ3n) is 5.58. The number of aryl methyl sites for hydroxylation is 1. The zero-order chi connectivity index (χ0) is 21.3. The number of rotatable bonds is 6. The second-order valence-electron chi connectivity index (χ2n) is 7.75. The SMILES string of the molecule is CCN(Cn1nc(-c2ccccc2)n(-c2cccc(C)c2)c1=S)[C@@H]1CCS(=O)(=O)C1. The molecule has 3 aromatic rings. The van der Waals surface area contributed by atoms with Gasteiger partial charge >= 0.3 is 0 Å². The van der Waals surface area contributed by atoms with Crippen LogP contribution < -0.4 is 0 Å². The van der Waals surface area contributed by atoms with Crippen LogP contribution in [0.15, 0.2) is 54.6 Å². The number of benzene rings is 2. The van der Waals surface area contributed by atoms with E-state index in [1.54, 1.807) is 0 Å². The van der Waals surface area contributed by atoms with Crippen molar-refractivity contribution in [2.45, 2.75) is 33.0 Å². The van der Waals surface area contributed by atoms with Gasteiger partial charge in [0.05, 0.1) is 23.9 Å². The van der Waals surface area contributed by atoms with Gasteiger partial charge in [0, 0.05) is 11.6 Å². The number of hydrogen-bond donors (Lipinski definition) is 0. The highest BCUT2D eigenvalue weighted by atomic mass is 32.2. The summed E-state index contributed by atoms with van der Waals surface area (Å²) in [5.41, 5.74) is 3.10. The summed E-state index contributed by atoms with van der Waals surface area (Å²) >= 11 is 5.84. The first-order valence-corrected chi connectivity index (χ1v) is 12.4. The van der Waals surface area contributed by atoms with E-state index in [4.69, 9.17) is 17.3 Å². The van der Waals surface area contributed by atoms with Crippen LogP contribution in [0.3, 0.4) is 0 Å². The van der Waals surface area contributed by atoms with Gasteiger partial charge in [-0.3, -0.25) is 9.47 Å². The molecule has 0 bridgehead atoms. The van der Waals surface area contributed by atoms with E-state index in [0.717, 1.165) is 29.2 Å². The van der Waals surface area contributed by atoms with Gasteiger partial charge in [0.15, 0.2) is 15.7 Å². The molecule has 0 amide bonds. The van der Waals surface area contributed by atoms with Gasteiger partial charge in [0.1, 0.15) is 0 Å². The molecule has 158 valence electrons. The van der Waals surface area contributed by atoms with Crippen LogP contribution in [0, 0.1) is 11.7 Å². The highest BCUT2D eigenvalue weighted by molar-refractivity contribution is 7.91. The van der Waals surface area contributed by atoms with Crippen molar-refractivity contribution in [2.24, 2.45) is 0 Å². The Balaban J connectivity index is 1.77. The van der Waals surface area contributed by atoms with Gasteiger partial charge in [-0.15, -0.1) is 5.10 Å². The van der Waals surface area contributed by atoms with Crippen LogP contribution in [0.1, 0.15) is 18.9 Å². The lowest BCUT2D eigenvalue weighted by Crippen LogP contribution is -2.37. The number of hydrogen-bond acceptors (Lipinski definition) is 5. The van der Waals surface area contributed by atoms with Gasteiger partial charge < -0.3 is 0 Å². The molecule has 1 saturated heterocycles. The molecule has 4 rings (SSSR count). The maximum atomic E-state index is 12.0. The maximum Gasteiger partial charge on any atom is 0.204 e. The molecule has 6 nitrogen and oxygen atoms in total. The molecule has 1 atom stereocenters. The molecule has 1 aliphatic rings. The summed E-state index contributed by atoms with van der Waals surface area (Å²) in [6.45, 7) is 5.30. The monoisotopic (exact) mass is 442 g/mol. The summed E-state index contributed by atoms with van der Waals surface area (Å²) in [5, 5.41) is 4.87. The van der Waals surface area contributed by atoms with Gasteiger partial charge in [-0.1, -0.05) is 49.4 Å². The van der Waals surface area contributed by atoms with Crippen molar-refractivity contribution < 1.29 is 8.42 Å². The molecule has 8 heteroatoms. The summed E-state index contributed by atoms with van der Waals surface area (Å²) in [6.07, 6.45) is 0.660. The normalized spacial score (nSPS) is 18.2. The van der Waals surface area contributed by atoms with Crippen LogP contribution in [0.2, 0.25) is 0 Å². The number of aromatic nitrogens is 3. The molecule has 1 fully saturated rings. The predicted octanol–water partition coefficient (Wildman–Crippen LogP) is 3.85. The Morgan fingerprint density at radius 2 is 1.93 bits per heavy atom. The van der Waals surface area contributed by atoms with Crippen molar-refractivity contribution in [1.82, 2.24) is 19.2 Å². The number of sulfone groups is 1. The topological polar surface area (TPSA) is 60.1 Å². The standard InChI is InChI=1S/C22H26N4O2S2/c1-3-24(20-12-13-30(27,28)15-20)16-25-22(29)26(19-11-7-8-17(2)14-19)21(23-25)18-9-5-4-6-10-18/h4-11,14,20H,3,12-13,15-16H2,1-2H3/t20-/m1/s1.